The summed E-state index contributed by atoms with van der Waals surface area (Å²) in [6.45, 7) is 0. The van der Waals surface area contributed by atoms with Gasteiger partial charge in [-0.15, -0.1) is 0 Å². The first-order valence-electron chi connectivity index (χ1n) is 8.95. The minimum atomic E-state index is -0.366. The van der Waals surface area contributed by atoms with Gasteiger partial charge in [0.25, 0.3) is 5.56 Å². The minimum absolute atomic E-state index is 0.195. The molecule has 2 aromatic heterocycles. The molecule has 4 rings (SSSR count). The normalized spacial score (nSPS) is 10.5. The lowest BCUT2D eigenvalue weighted by Crippen LogP contribution is -2.20. The molecule has 29 heavy (non-hydrogen) atoms. The SMILES string of the molecule is Cn1c(=O)cc(Oc2cccnc2)c2cc(NC(=O)Nc3ccccc3)ccc21. The molecule has 0 fully saturated rings. The molecule has 4 aromatic rings. The van der Waals surface area contributed by atoms with Crippen LogP contribution in [0.1, 0.15) is 0 Å². The molecule has 7 nitrogen and oxygen atoms in total. The zero-order valence-electron chi connectivity index (χ0n) is 15.6. The van der Waals surface area contributed by atoms with Gasteiger partial charge in [0.1, 0.15) is 11.5 Å². The van der Waals surface area contributed by atoms with Crippen molar-refractivity contribution in [3.05, 3.63) is 89.5 Å². The van der Waals surface area contributed by atoms with E-state index in [2.05, 4.69) is 15.6 Å². The minimum Gasteiger partial charge on any atom is -0.455 e. The van der Waals surface area contributed by atoms with Crippen molar-refractivity contribution in [1.29, 1.82) is 0 Å². The Hall–Kier alpha value is -4.13. The number of nitrogens with zero attached hydrogens (tertiary/aromatic N) is 2. The number of amides is 2. The Morgan fingerprint density at radius 1 is 0.966 bits per heavy atom. The highest BCUT2D eigenvalue weighted by Gasteiger charge is 2.11. The van der Waals surface area contributed by atoms with Crippen LogP contribution in [0, 0.1) is 0 Å². The summed E-state index contributed by atoms with van der Waals surface area (Å²) in [6, 6.07) is 19.0. The predicted molar refractivity (Wildman–Crippen MR) is 113 cm³/mol. The number of pyridine rings is 2. The molecule has 0 atom stereocenters. The van der Waals surface area contributed by atoms with Gasteiger partial charge in [-0.3, -0.25) is 9.78 Å². The summed E-state index contributed by atoms with van der Waals surface area (Å²) < 4.78 is 7.41. The van der Waals surface area contributed by atoms with Gasteiger partial charge in [0.05, 0.1) is 11.7 Å². The van der Waals surface area contributed by atoms with E-state index in [0.29, 0.717) is 33.8 Å². The van der Waals surface area contributed by atoms with Crippen LogP contribution in [-0.4, -0.2) is 15.6 Å². The summed E-state index contributed by atoms with van der Waals surface area (Å²) in [6.07, 6.45) is 3.21. The van der Waals surface area contributed by atoms with Gasteiger partial charge < -0.3 is 19.9 Å². The lowest BCUT2D eigenvalue weighted by atomic mass is 10.1. The van der Waals surface area contributed by atoms with E-state index in [4.69, 9.17) is 4.74 Å². The molecule has 0 spiro atoms. The van der Waals surface area contributed by atoms with Gasteiger partial charge in [-0.2, -0.15) is 0 Å². The van der Waals surface area contributed by atoms with Crippen LogP contribution >= 0.6 is 0 Å². The number of fused-ring (bicyclic) bond motifs is 1. The molecule has 144 valence electrons. The fourth-order valence-electron chi connectivity index (χ4n) is 2.94. The molecule has 0 saturated carbocycles. The van der Waals surface area contributed by atoms with Crippen molar-refractivity contribution in [2.45, 2.75) is 0 Å². The fourth-order valence-corrected chi connectivity index (χ4v) is 2.94. The monoisotopic (exact) mass is 386 g/mol. The van der Waals surface area contributed by atoms with E-state index in [9.17, 15) is 9.59 Å². The molecule has 7 heteroatoms. The Labute approximate surface area is 166 Å². The highest BCUT2D eigenvalue weighted by Crippen LogP contribution is 2.30. The van der Waals surface area contributed by atoms with E-state index in [0.717, 1.165) is 0 Å². The second-order valence-electron chi connectivity index (χ2n) is 6.37. The summed E-state index contributed by atoms with van der Waals surface area (Å²) >= 11 is 0. The van der Waals surface area contributed by atoms with E-state index in [1.165, 1.54) is 10.6 Å². The number of nitrogens with one attached hydrogen (secondary N) is 2. The zero-order chi connectivity index (χ0) is 20.2. The number of hydrogen-bond donors (Lipinski definition) is 2. The number of urea groups is 1. The standard InChI is InChI=1S/C22H18N4O3/c1-26-19-10-9-16(25-22(28)24-15-6-3-2-4-7-15)12-18(19)20(13-21(26)27)29-17-8-5-11-23-14-17/h2-14H,1H3,(H2,24,25,28). The van der Waals surface area contributed by atoms with Gasteiger partial charge in [-0.1, -0.05) is 18.2 Å². The van der Waals surface area contributed by atoms with E-state index < -0.39 is 0 Å². The molecule has 2 aromatic carbocycles. The number of aryl methyl sites for hydroxylation is 1. The zero-order valence-corrected chi connectivity index (χ0v) is 15.6. The average molecular weight is 386 g/mol. The van der Waals surface area contributed by atoms with Gasteiger partial charge in [-0.25, -0.2) is 4.79 Å². The Kier molecular flexibility index (Phi) is 4.94. The highest BCUT2D eigenvalue weighted by molar-refractivity contribution is 6.01. The molecule has 0 aliphatic heterocycles. The van der Waals surface area contributed by atoms with Crippen molar-refractivity contribution in [2.24, 2.45) is 7.05 Å². The third-order valence-electron chi connectivity index (χ3n) is 4.36. The summed E-state index contributed by atoms with van der Waals surface area (Å²) in [7, 11) is 1.69. The molecule has 0 unspecified atom stereocenters. The number of anilines is 2. The second kappa shape index (κ2) is 7.85. The molecule has 0 bridgehead atoms. The molecule has 2 N–H and O–H groups in total. The Balaban J connectivity index is 1.66. The molecular weight excluding hydrogens is 368 g/mol. The molecule has 2 heterocycles. The van der Waals surface area contributed by atoms with Gasteiger partial charge in [0.2, 0.25) is 0 Å². The number of aromatic nitrogens is 2. The molecule has 0 aliphatic rings. The van der Waals surface area contributed by atoms with E-state index in [1.807, 2.05) is 18.2 Å². The average Bonchev–Trinajstić information content (AvgIpc) is 2.73. The van der Waals surface area contributed by atoms with Crippen molar-refractivity contribution in [3.63, 3.8) is 0 Å². The lowest BCUT2D eigenvalue weighted by Gasteiger charge is -2.13. The largest absolute Gasteiger partial charge is 0.455 e. The predicted octanol–water partition coefficient (Wildman–Crippen LogP) is 4.37. The number of para-hydroxylation sites is 1. The molecule has 2 amide bonds. The van der Waals surface area contributed by atoms with Crippen LogP contribution < -0.4 is 20.9 Å². The highest BCUT2D eigenvalue weighted by atomic mass is 16.5. The van der Waals surface area contributed by atoms with Gasteiger partial charge in [0.15, 0.2) is 0 Å². The first-order valence-corrected chi connectivity index (χ1v) is 8.95. The summed E-state index contributed by atoms with van der Waals surface area (Å²) in [5.41, 5.74) is 1.75. The van der Waals surface area contributed by atoms with Crippen LogP contribution in [0.5, 0.6) is 11.5 Å². The molecule has 0 radical (unpaired) electrons. The van der Waals surface area contributed by atoms with Crippen LogP contribution in [-0.2, 0) is 7.05 Å². The Morgan fingerprint density at radius 3 is 2.52 bits per heavy atom. The van der Waals surface area contributed by atoms with Gasteiger partial charge in [-0.05, 0) is 42.5 Å². The van der Waals surface area contributed by atoms with Crippen molar-refractivity contribution < 1.29 is 9.53 Å². The van der Waals surface area contributed by atoms with Gasteiger partial charge >= 0.3 is 6.03 Å². The van der Waals surface area contributed by atoms with Crippen molar-refractivity contribution >= 4 is 28.3 Å². The first-order chi connectivity index (χ1) is 14.1. The van der Waals surface area contributed by atoms with Crippen molar-refractivity contribution in [1.82, 2.24) is 9.55 Å². The van der Waals surface area contributed by atoms with Crippen LogP contribution in [0.2, 0.25) is 0 Å². The lowest BCUT2D eigenvalue weighted by molar-refractivity contribution is 0.262. The smallest absolute Gasteiger partial charge is 0.323 e. The van der Waals surface area contributed by atoms with Crippen molar-refractivity contribution in [3.8, 4) is 11.5 Å². The summed E-state index contributed by atoms with van der Waals surface area (Å²) in [5.74, 6) is 0.908. The summed E-state index contributed by atoms with van der Waals surface area (Å²) in [5, 5.41) is 6.26. The maximum absolute atomic E-state index is 12.3. The maximum atomic E-state index is 12.3. The van der Waals surface area contributed by atoms with Crippen LogP contribution in [0.4, 0.5) is 16.2 Å². The third kappa shape index (κ3) is 4.08. The molecular formula is C22H18N4O3. The Morgan fingerprint density at radius 2 is 1.76 bits per heavy atom. The number of hydrogen-bond acceptors (Lipinski definition) is 4. The maximum Gasteiger partial charge on any atom is 0.323 e. The van der Waals surface area contributed by atoms with Crippen molar-refractivity contribution in [2.75, 3.05) is 10.6 Å². The fraction of sp³-hybridized carbons (Fsp3) is 0.0455. The quantitative estimate of drug-likeness (QED) is 0.545. The summed E-state index contributed by atoms with van der Waals surface area (Å²) in [4.78, 5) is 28.6. The first kappa shape index (κ1) is 18.2. The topological polar surface area (TPSA) is 85.2 Å². The molecule has 0 aliphatic carbocycles. The van der Waals surface area contributed by atoms with Crippen LogP contribution in [0.3, 0.4) is 0 Å². The number of ether oxygens (including phenoxy) is 1. The van der Waals surface area contributed by atoms with Crippen LogP contribution in [0.15, 0.2) is 83.9 Å². The van der Waals surface area contributed by atoms with E-state index in [1.54, 1.807) is 61.9 Å². The van der Waals surface area contributed by atoms with Crippen LogP contribution in [0.25, 0.3) is 10.9 Å². The van der Waals surface area contributed by atoms with E-state index in [-0.39, 0.29) is 11.6 Å². The number of benzene rings is 2. The number of rotatable bonds is 4. The molecule has 0 saturated heterocycles. The number of carbonyl (C=O) groups is 1. The Bertz CT molecular complexity index is 1220. The van der Waals surface area contributed by atoms with E-state index >= 15 is 0 Å². The number of carbonyl (C=O) groups excluding carboxylic acids is 1. The second-order valence-corrected chi connectivity index (χ2v) is 6.37. The third-order valence-corrected chi connectivity index (χ3v) is 4.36. The van der Waals surface area contributed by atoms with Gasteiger partial charge in [0, 0.05) is 36.1 Å².